The molecular formula is C13H18N2O2S2. The predicted molar refractivity (Wildman–Crippen MR) is 80.4 cm³/mol. The highest BCUT2D eigenvalue weighted by Crippen LogP contribution is 2.13. The van der Waals surface area contributed by atoms with E-state index in [9.17, 15) is 4.79 Å². The molecule has 0 aliphatic carbocycles. The van der Waals surface area contributed by atoms with Gasteiger partial charge in [-0.25, -0.2) is 0 Å². The molecular weight excluding hydrogens is 280 g/mol. The zero-order valence-electron chi connectivity index (χ0n) is 10.7. The lowest BCUT2D eigenvalue weighted by Crippen LogP contribution is -2.49. The smallest absolute Gasteiger partial charge is 0.222 e. The Kier molecular flexibility index (Phi) is 5.30. The van der Waals surface area contributed by atoms with Gasteiger partial charge in [0, 0.05) is 17.8 Å². The van der Waals surface area contributed by atoms with Gasteiger partial charge in [0.25, 0.3) is 0 Å². The molecule has 1 saturated heterocycles. The molecule has 1 atom stereocenters. The highest BCUT2D eigenvalue weighted by Gasteiger charge is 2.25. The van der Waals surface area contributed by atoms with Crippen LogP contribution in [0.5, 0.6) is 0 Å². The van der Waals surface area contributed by atoms with Gasteiger partial charge < -0.3 is 15.4 Å². The van der Waals surface area contributed by atoms with Crippen LogP contribution in [-0.2, 0) is 16.0 Å². The van der Waals surface area contributed by atoms with E-state index in [1.165, 1.54) is 4.88 Å². The van der Waals surface area contributed by atoms with Crippen molar-refractivity contribution in [2.24, 2.45) is 5.73 Å². The number of aryl methyl sites for hydroxylation is 1. The average molecular weight is 298 g/mol. The van der Waals surface area contributed by atoms with E-state index in [1.807, 2.05) is 11.0 Å². The highest BCUT2D eigenvalue weighted by molar-refractivity contribution is 7.80. The van der Waals surface area contributed by atoms with Crippen LogP contribution in [0.2, 0.25) is 0 Å². The van der Waals surface area contributed by atoms with Gasteiger partial charge in [0.05, 0.1) is 13.2 Å². The molecule has 2 heterocycles. The monoisotopic (exact) mass is 298 g/mol. The summed E-state index contributed by atoms with van der Waals surface area (Å²) in [6, 6.07) is 4.14. The molecule has 4 nitrogen and oxygen atoms in total. The van der Waals surface area contributed by atoms with Gasteiger partial charge in [0.15, 0.2) is 0 Å². The number of carbonyl (C=O) groups is 1. The zero-order chi connectivity index (χ0) is 13.7. The molecule has 1 aliphatic heterocycles. The summed E-state index contributed by atoms with van der Waals surface area (Å²) >= 11 is 6.65. The van der Waals surface area contributed by atoms with Crippen LogP contribution in [0, 0.1) is 0 Å². The van der Waals surface area contributed by atoms with Gasteiger partial charge in [-0.05, 0) is 24.3 Å². The zero-order valence-corrected chi connectivity index (χ0v) is 12.3. The number of amides is 1. The van der Waals surface area contributed by atoms with Crippen molar-refractivity contribution in [3.05, 3.63) is 22.4 Å². The summed E-state index contributed by atoms with van der Waals surface area (Å²) < 4.78 is 5.42. The summed E-state index contributed by atoms with van der Waals surface area (Å²) in [5.41, 5.74) is 5.56. The first-order valence-corrected chi connectivity index (χ1v) is 7.66. The Hall–Kier alpha value is -0.980. The second-order valence-electron chi connectivity index (χ2n) is 4.53. The fourth-order valence-electron chi connectivity index (χ4n) is 2.07. The molecule has 104 valence electrons. The van der Waals surface area contributed by atoms with E-state index in [0.717, 1.165) is 12.8 Å². The lowest BCUT2D eigenvalue weighted by molar-refractivity contribution is -0.136. The van der Waals surface area contributed by atoms with Crippen LogP contribution >= 0.6 is 23.6 Å². The van der Waals surface area contributed by atoms with E-state index in [2.05, 4.69) is 11.4 Å². The van der Waals surface area contributed by atoms with Crippen molar-refractivity contribution in [1.29, 1.82) is 0 Å². The van der Waals surface area contributed by atoms with Crippen molar-refractivity contribution in [2.75, 3.05) is 19.7 Å². The predicted octanol–water partition coefficient (Wildman–Crippen LogP) is 1.58. The number of thiocarbonyl (C=S) groups is 1. The van der Waals surface area contributed by atoms with Crippen molar-refractivity contribution >= 4 is 34.5 Å². The second kappa shape index (κ2) is 6.98. The number of thiophene rings is 1. The standard InChI is InChI=1S/C13H18N2O2S2/c14-13(18)11-9-15(6-7-17-11)12(16)5-1-3-10-4-2-8-19-10/h2,4,8,11H,1,3,5-7,9H2,(H2,14,18). The summed E-state index contributed by atoms with van der Waals surface area (Å²) in [6.45, 7) is 1.64. The molecule has 1 aromatic heterocycles. The Bertz CT molecular complexity index is 434. The summed E-state index contributed by atoms with van der Waals surface area (Å²) in [5.74, 6) is 0.168. The number of nitrogens with two attached hydrogens (primary N) is 1. The molecule has 0 saturated carbocycles. The minimum Gasteiger partial charge on any atom is -0.391 e. The third-order valence-electron chi connectivity index (χ3n) is 3.13. The quantitative estimate of drug-likeness (QED) is 0.839. The molecule has 0 aromatic carbocycles. The van der Waals surface area contributed by atoms with Gasteiger partial charge in [0.1, 0.15) is 11.1 Å². The van der Waals surface area contributed by atoms with Crippen LogP contribution in [0.4, 0.5) is 0 Å². The third-order valence-corrected chi connectivity index (χ3v) is 4.33. The minimum absolute atomic E-state index is 0.168. The number of rotatable bonds is 5. The van der Waals surface area contributed by atoms with E-state index >= 15 is 0 Å². The van der Waals surface area contributed by atoms with E-state index in [1.54, 1.807) is 11.3 Å². The molecule has 1 aromatic rings. The normalized spacial score (nSPS) is 19.4. The van der Waals surface area contributed by atoms with Crippen LogP contribution < -0.4 is 5.73 Å². The van der Waals surface area contributed by atoms with E-state index in [-0.39, 0.29) is 12.0 Å². The van der Waals surface area contributed by atoms with E-state index < -0.39 is 0 Å². The van der Waals surface area contributed by atoms with E-state index in [0.29, 0.717) is 31.1 Å². The van der Waals surface area contributed by atoms with Crippen molar-refractivity contribution in [3.63, 3.8) is 0 Å². The molecule has 1 unspecified atom stereocenters. The molecule has 2 N–H and O–H groups in total. The van der Waals surface area contributed by atoms with Crippen molar-refractivity contribution < 1.29 is 9.53 Å². The van der Waals surface area contributed by atoms with Crippen LogP contribution in [0.3, 0.4) is 0 Å². The fraction of sp³-hybridized carbons (Fsp3) is 0.538. The van der Waals surface area contributed by atoms with Crippen LogP contribution in [0.25, 0.3) is 0 Å². The Morgan fingerprint density at radius 3 is 3.16 bits per heavy atom. The molecule has 2 rings (SSSR count). The third kappa shape index (κ3) is 4.26. The van der Waals surface area contributed by atoms with Gasteiger partial charge >= 0.3 is 0 Å². The van der Waals surface area contributed by atoms with Gasteiger partial charge in [-0.3, -0.25) is 4.79 Å². The van der Waals surface area contributed by atoms with Crippen molar-refractivity contribution in [3.8, 4) is 0 Å². The highest BCUT2D eigenvalue weighted by atomic mass is 32.1. The fourth-order valence-corrected chi connectivity index (χ4v) is 2.97. The summed E-state index contributed by atoms with van der Waals surface area (Å²) in [6.07, 6.45) is 2.13. The number of morpholine rings is 1. The summed E-state index contributed by atoms with van der Waals surface area (Å²) in [7, 11) is 0. The Morgan fingerprint density at radius 2 is 2.47 bits per heavy atom. The molecule has 0 spiro atoms. The van der Waals surface area contributed by atoms with Gasteiger partial charge in [-0.2, -0.15) is 0 Å². The number of carbonyl (C=O) groups excluding carboxylic acids is 1. The number of ether oxygens (including phenoxy) is 1. The molecule has 1 fully saturated rings. The van der Waals surface area contributed by atoms with Gasteiger partial charge in [-0.15, -0.1) is 11.3 Å². The van der Waals surface area contributed by atoms with Crippen LogP contribution in [0.15, 0.2) is 17.5 Å². The number of hydrogen-bond acceptors (Lipinski definition) is 4. The van der Waals surface area contributed by atoms with Gasteiger partial charge in [0.2, 0.25) is 5.91 Å². The maximum absolute atomic E-state index is 12.1. The number of hydrogen-bond donors (Lipinski definition) is 1. The number of nitrogens with zero attached hydrogens (tertiary/aromatic N) is 1. The lowest BCUT2D eigenvalue weighted by Gasteiger charge is -2.32. The second-order valence-corrected chi connectivity index (χ2v) is 6.04. The largest absolute Gasteiger partial charge is 0.391 e. The SMILES string of the molecule is NC(=S)C1CN(C(=O)CCCc2cccs2)CCO1. The summed E-state index contributed by atoms with van der Waals surface area (Å²) in [5, 5.41) is 2.06. The Morgan fingerprint density at radius 1 is 1.63 bits per heavy atom. The van der Waals surface area contributed by atoms with Crippen LogP contribution in [0.1, 0.15) is 17.7 Å². The Labute approximate surface area is 122 Å². The molecule has 1 aliphatic rings. The Balaban J connectivity index is 1.74. The topological polar surface area (TPSA) is 55.6 Å². The summed E-state index contributed by atoms with van der Waals surface area (Å²) in [4.78, 5) is 15.6. The first-order chi connectivity index (χ1) is 9.16. The molecule has 0 bridgehead atoms. The molecule has 1 amide bonds. The van der Waals surface area contributed by atoms with Crippen LogP contribution in [-0.4, -0.2) is 41.6 Å². The first-order valence-electron chi connectivity index (χ1n) is 6.38. The van der Waals surface area contributed by atoms with Gasteiger partial charge in [-0.1, -0.05) is 18.3 Å². The maximum atomic E-state index is 12.1. The van der Waals surface area contributed by atoms with Crippen molar-refractivity contribution in [1.82, 2.24) is 4.90 Å². The van der Waals surface area contributed by atoms with Crippen molar-refractivity contribution in [2.45, 2.75) is 25.4 Å². The molecule has 19 heavy (non-hydrogen) atoms. The molecule has 0 radical (unpaired) electrons. The van der Waals surface area contributed by atoms with E-state index in [4.69, 9.17) is 22.7 Å². The maximum Gasteiger partial charge on any atom is 0.222 e. The lowest BCUT2D eigenvalue weighted by atomic mass is 10.2. The average Bonchev–Trinajstić information content (AvgIpc) is 2.92. The minimum atomic E-state index is -0.287. The first kappa shape index (κ1) is 14.4. The molecule has 6 heteroatoms.